The number of benzene rings is 1. The zero-order chi connectivity index (χ0) is 18.3. The Kier molecular flexibility index (Phi) is 6.65. The van der Waals surface area contributed by atoms with Gasteiger partial charge in [0, 0.05) is 19.2 Å². The van der Waals surface area contributed by atoms with Gasteiger partial charge in [-0.25, -0.2) is 13.6 Å². The zero-order valence-corrected chi connectivity index (χ0v) is 15.1. The molecule has 0 saturated heterocycles. The maximum Gasteiger partial charge on any atom is 0.238 e. The molecule has 0 aliphatic carbocycles. The molecule has 10 heteroatoms. The highest BCUT2D eigenvalue weighted by Crippen LogP contribution is 2.22. The first kappa shape index (κ1) is 19.1. The van der Waals surface area contributed by atoms with Crippen molar-refractivity contribution < 1.29 is 17.6 Å². The second-order valence-corrected chi connectivity index (χ2v) is 6.86. The van der Waals surface area contributed by atoms with Crippen LogP contribution >= 0.6 is 12.2 Å². The van der Waals surface area contributed by atoms with Crippen LogP contribution in [0.4, 0.5) is 0 Å². The van der Waals surface area contributed by atoms with Gasteiger partial charge in [0.05, 0.1) is 17.7 Å². The summed E-state index contributed by atoms with van der Waals surface area (Å²) in [6.45, 7) is 1.12. The van der Waals surface area contributed by atoms with Crippen molar-refractivity contribution >= 4 is 33.6 Å². The maximum atomic E-state index is 11.2. The van der Waals surface area contributed by atoms with Crippen LogP contribution in [0.25, 0.3) is 11.3 Å². The van der Waals surface area contributed by atoms with Gasteiger partial charge in [-0.1, -0.05) is 0 Å². The first-order chi connectivity index (χ1) is 11.9. The van der Waals surface area contributed by atoms with Gasteiger partial charge in [0.25, 0.3) is 0 Å². The van der Waals surface area contributed by atoms with E-state index in [2.05, 4.69) is 15.8 Å². The van der Waals surface area contributed by atoms with E-state index in [0.29, 0.717) is 29.8 Å². The average molecular weight is 382 g/mol. The largest absolute Gasteiger partial charge is 0.455 e. The van der Waals surface area contributed by atoms with Crippen molar-refractivity contribution in [2.45, 2.75) is 4.90 Å². The number of ether oxygens (including phenoxy) is 1. The second kappa shape index (κ2) is 8.72. The zero-order valence-electron chi connectivity index (χ0n) is 13.4. The maximum absolute atomic E-state index is 11.2. The molecule has 0 spiro atoms. The molecule has 0 unspecified atom stereocenters. The molecule has 0 atom stereocenters. The molecule has 0 saturated carbocycles. The van der Waals surface area contributed by atoms with Crippen LogP contribution in [-0.4, -0.2) is 40.0 Å². The minimum Gasteiger partial charge on any atom is -0.455 e. The molecule has 134 valence electrons. The van der Waals surface area contributed by atoms with E-state index in [4.69, 9.17) is 26.5 Å². The van der Waals surface area contributed by atoms with Crippen LogP contribution < -0.4 is 15.9 Å². The van der Waals surface area contributed by atoms with Crippen molar-refractivity contribution in [2.24, 2.45) is 10.2 Å². The Balaban J connectivity index is 1.95. The van der Waals surface area contributed by atoms with E-state index < -0.39 is 10.0 Å². The summed E-state index contributed by atoms with van der Waals surface area (Å²) < 4.78 is 33.0. The van der Waals surface area contributed by atoms with E-state index in [-0.39, 0.29) is 4.90 Å². The number of thiocarbonyl (C=S) groups is 1. The lowest BCUT2D eigenvalue weighted by atomic mass is 10.2. The van der Waals surface area contributed by atoms with E-state index in [1.807, 2.05) is 0 Å². The lowest BCUT2D eigenvalue weighted by molar-refractivity contribution is 0.204. The first-order valence-corrected chi connectivity index (χ1v) is 9.14. The number of rotatable bonds is 7. The summed E-state index contributed by atoms with van der Waals surface area (Å²) in [4.78, 5) is 0.0447. The molecular formula is C15H18N4O4S2. The Morgan fingerprint density at radius 3 is 2.68 bits per heavy atom. The van der Waals surface area contributed by atoms with Crippen LogP contribution in [0.3, 0.4) is 0 Å². The van der Waals surface area contributed by atoms with Gasteiger partial charge in [-0.05, 0) is 48.6 Å². The molecule has 2 aromatic rings. The number of hydrogen-bond acceptors (Lipinski definition) is 6. The molecule has 0 aliphatic rings. The van der Waals surface area contributed by atoms with E-state index in [1.54, 1.807) is 31.4 Å². The van der Waals surface area contributed by atoms with Crippen LogP contribution in [0.2, 0.25) is 0 Å². The molecule has 1 aromatic carbocycles. The fourth-order valence-electron chi connectivity index (χ4n) is 1.85. The van der Waals surface area contributed by atoms with Crippen molar-refractivity contribution in [3.8, 4) is 11.3 Å². The van der Waals surface area contributed by atoms with Gasteiger partial charge in [0.15, 0.2) is 5.11 Å². The Labute approximate surface area is 151 Å². The standard InChI is InChI=1S/C15H18N4O4S2/c1-22-9-8-17-15(24)19-18-10-12-4-7-14(23-12)11-2-5-13(6-3-11)25(16,20)21/h2-7,10H,8-9H2,1H3,(H2,16,20,21)(H2,17,19,24)/b18-10-. The lowest BCUT2D eigenvalue weighted by Crippen LogP contribution is -2.34. The fraction of sp³-hybridized carbons (Fsp3) is 0.200. The predicted molar refractivity (Wildman–Crippen MR) is 98.7 cm³/mol. The van der Waals surface area contributed by atoms with Gasteiger partial charge in [-0.3, -0.25) is 5.43 Å². The van der Waals surface area contributed by atoms with Crippen molar-refractivity contribution in [3.63, 3.8) is 0 Å². The summed E-state index contributed by atoms with van der Waals surface area (Å²) in [5.74, 6) is 1.08. The highest BCUT2D eigenvalue weighted by Gasteiger charge is 2.09. The van der Waals surface area contributed by atoms with Gasteiger partial charge >= 0.3 is 0 Å². The number of nitrogens with one attached hydrogen (secondary N) is 2. The number of sulfonamides is 1. The molecule has 0 amide bonds. The highest BCUT2D eigenvalue weighted by atomic mass is 32.2. The van der Waals surface area contributed by atoms with Gasteiger partial charge in [-0.15, -0.1) is 0 Å². The van der Waals surface area contributed by atoms with Crippen LogP contribution in [-0.2, 0) is 14.8 Å². The number of nitrogens with zero attached hydrogens (tertiary/aromatic N) is 1. The second-order valence-electron chi connectivity index (χ2n) is 4.89. The molecule has 2 rings (SSSR count). The number of primary sulfonamides is 1. The van der Waals surface area contributed by atoms with Gasteiger partial charge in [0.1, 0.15) is 11.5 Å². The summed E-state index contributed by atoms with van der Waals surface area (Å²) in [7, 11) is -2.11. The Morgan fingerprint density at radius 2 is 2.04 bits per heavy atom. The molecule has 8 nitrogen and oxygen atoms in total. The summed E-state index contributed by atoms with van der Waals surface area (Å²) in [6, 6.07) is 9.57. The van der Waals surface area contributed by atoms with Crippen molar-refractivity contribution in [1.29, 1.82) is 0 Å². The van der Waals surface area contributed by atoms with E-state index in [1.165, 1.54) is 18.3 Å². The number of nitrogens with two attached hydrogens (primary N) is 1. The molecule has 0 radical (unpaired) electrons. The smallest absolute Gasteiger partial charge is 0.238 e. The summed E-state index contributed by atoms with van der Waals surface area (Å²) in [6.07, 6.45) is 1.48. The molecule has 25 heavy (non-hydrogen) atoms. The molecular weight excluding hydrogens is 364 g/mol. The Morgan fingerprint density at radius 1 is 1.32 bits per heavy atom. The van der Waals surface area contributed by atoms with Crippen LogP contribution in [0.5, 0.6) is 0 Å². The van der Waals surface area contributed by atoms with E-state index >= 15 is 0 Å². The highest BCUT2D eigenvalue weighted by molar-refractivity contribution is 7.89. The Hall–Kier alpha value is -2.27. The van der Waals surface area contributed by atoms with Crippen molar-refractivity contribution in [2.75, 3.05) is 20.3 Å². The predicted octanol–water partition coefficient (Wildman–Crippen LogP) is 1.04. The normalized spacial score (nSPS) is 11.6. The summed E-state index contributed by atoms with van der Waals surface area (Å²) in [5.41, 5.74) is 3.38. The molecule has 0 bridgehead atoms. The van der Waals surface area contributed by atoms with Gasteiger partial charge < -0.3 is 14.5 Å². The Bertz CT molecular complexity index is 845. The number of methoxy groups -OCH3 is 1. The number of hydrazone groups is 1. The molecule has 1 aromatic heterocycles. The minimum atomic E-state index is -3.71. The third-order valence-electron chi connectivity index (χ3n) is 3.04. The summed E-state index contributed by atoms with van der Waals surface area (Å²) in [5, 5.41) is 12.3. The lowest BCUT2D eigenvalue weighted by Gasteiger charge is -2.05. The topological polar surface area (TPSA) is 119 Å². The molecule has 1 heterocycles. The third-order valence-corrected chi connectivity index (χ3v) is 4.21. The monoisotopic (exact) mass is 382 g/mol. The van der Waals surface area contributed by atoms with Crippen LogP contribution in [0, 0.1) is 0 Å². The molecule has 4 N–H and O–H groups in total. The molecule has 0 fully saturated rings. The number of hydrogen-bond donors (Lipinski definition) is 3. The third kappa shape index (κ3) is 5.94. The van der Waals surface area contributed by atoms with E-state index in [9.17, 15) is 8.42 Å². The molecule has 0 aliphatic heterocycles. The van der Waals surface area contributed by atoms with Crippen LogP contribution in [0.1, 0.15) is 5.76 Å². The first-order valence-electron chi connectivity index (χ1n) is 7.19. The minimum absolute atomic E-state index is 0.0447. The van der Waals surface area contributed by atoms with Crippen LogP contribution in [0.15, 0.2) is 50.8 Å². The average Bonchev–Trinajstić information content (AvgIpc) is 3.03. The quantitative estimate of drug-likeness (QED) is 0.283. The SMILES string of the molecule is COCCNC(=S)N/N=C\c1ccc(-c2ccc(S(N)(=O)=O)cc2)o1. The fourth-order valence-corrected chi connectivity index (χ4v) is 2.52. The summed E-state index contributed by atoms with van der Waals surface area (Å²) >= 11 is 5.03. The van der Waals surface area contributed by atoms with Gasteiger partial charge in [-0.2, -0.15) is 5.10 Å². The van der Waals surface area contributed by atoms with Gasteiger partial charge in [0.2, 0.25) is 10.0 Å². The van der Waals surface area contributed by atoms with Crippen molar-refractivity contribution in [1.82, 2.24) is 10.7 Å². The number of furan rings is 1. The van der Waals surface area contributed by atoms with E-state index in [0.717, 1.165) is 5.56 Å². The van der Waals surface area contributed by atoms with Crippen molar-refractivity contribution in [3.05, 3.63) is 42.2 Å².